The summed E-state index contributed by atoms with van der Waals surface area (Å²) in [5.74, 6) is 0.0551. The van der Waals surface area contributed by atoms with Gasteiger partial charge in [-0.3, -0.25) is 9.59 Å². The molecule has 2 amide bonds. The van der Waals surface area contributed by atoms with E-state index in [4.69, 9.17) is 4.74 Å². The monoisotopic (exact) mass is 435 g/mol. The summed E-state index contributed by atoms with van der Waals surface area (Å²) >= 11 is 1.57. The van der Waals surface area contributed by atoms with Crippen molar-refractivity contribution in [1.82, 2.24) is 10.3 Å². The summed E-state index contributed by atoms with van der Waals surface area (Å²) in [5, 5.41) is 8.81. The fourth-order valence-electron chi connectivity index (χ4n) is 3.88. The van der Waals surface area contributed by atoms with Crippen LogP contribution < -0.4 is 15.4 Å². The van der Waals surface area contributed by atoms with Crippen LogP contribution in [0.3, 0.4) is 0 Å². The van der Waals surface area contributed by atoms with Crippen molar-refractivity contribution in [1.29, 1.82) is 0 Å². The molecule has 1 aliphatic rings. The van der Waals surface area contributed by atoms with Crippen molar-refractivity contribution < 1.29 is 14.3 Å². The highest BCUT2D eigenvalue weighted by atomic mass is 32.1. The van der Waals surface area contributed by atoms with Crippen LogP contribution in [0.4, 0.5) is 5.69 Å². The molecule has 0 aliphatic heterocycles. The summed E-state index contributed by atoms with van der Waals surface area (Å²) in [4.78, 5) is 28.8. The molecule has 6 nitrogen and oxygen atoms in total. The molecule has 0 bridgehead atoms. The fourth-order valence-corrected chi connectivity index (χ4v) is 4.50. The van der Waals surface area contributed by atoms with Gasteiger partial charge < -0.3 is 15.4 Å². The molecule has 1 aliphatic carbocycles. The summed E-state index contributed by atoms with van der Waals surface area (Å²) in [7, 11) is 0. The van der Waals surface area contributed by atoms with Crippen molar-refractivity contribution >= 4 is 28.8 Å². The molecule has 0 spiro atoms. The van der Waals surface area contributed by atoms with Gasteiger partial charge in [0.15, 0.2) is 6.61 Å². The number of amides is 2. The number of rotatable bonds is 6. The first kappa shape index (κ1) is 21.1. The first-order chi connectivity index (χ1) is 15.0. The van der Waals surface area contributed by atoms with Crippen molar-refractivity contribution in [3.05, 3.63) is 64.0 Å². The van der Waals surface area contributed by atoms with Gasteiger partial charge in [0.05, 0.1) is 22.4 Å². The third-order valence-corrected chi connectivity index (χ3v) is 6.04. The topological polar surface area (TPSA) is 80.3 Å². The van der Waals surface area contributed by atoms with E-state index in [0.717, 1.165) is 35.5 Å². The average Bonchev–Trinajstić information content (AvgIpc) is 3.19. The Balaban J connectivity index is 1.45. The Morgan fingerprint density at radius 1 is 1.23 bits per heavy atom. The predicted molar refractivity (Wildman–Crippen MR) is 122 cm³/mol. The molecule has 0 fully saturated rings. The molecule has 1 unspecified atom stereocenters. The van der Waals surface area contributed by atoms with E-state index >= 15 is 0 Å². The van der Waals surface area contributed by atoms with Crippen LogP contribution in [0.5, 0.6) is 5.75 Å². The summed E-state index contributed by atoms with van der Waals surface area (Å²) in [6, 6.07) is 13.7. The zero-order valence-electron chi connectivity index (χ0n) is 17.6. The number of aryl methyl sites for hydroxylation is 2. The lowest BCUT2D eigenvalue weighted by Crippen LogP contribution is -2.34. The Hall–Kier alpha value is -3.19. The molecule has 160 valence electrons. The van der Waals surface area contributed by atoms with Crippen LogP contribution in [0.15, 0.2) is 47.8 Å². The third kappa shape index (κ3) is 5.11. The minimum atomic E-state index is -0.209. The van der Waals surface area contributed by atoms with Gasteiger partial charge in [-0.2, -0.15) is 0 Å². The number of nitrogens with zero attached hydrogens (tertiary/aromatic N) is 1. The molecule has 7 heteroatoms. The van der Waals surface area contributed by atoms with Gasteiger partial charge in [-0.25, -0.2) is 4.98 Å². The van der Waals surface area contributed by atoms with E-state index in [1.54, 1.807) is 17.4 Å². The van der Waals surface area contributed by atoms with Crippen LogP contribution in [0.2, 0.25) is 0 Å². The lowest BCUT2D eigenvalue weighted by atomic mass is 9.88. The molecule has 1 aromatic heterocycles. The van der Waals surface area contributed by atoms with Crippen LogP contribution in [0.25, 0.3) is 11.3 Å². The number of fused-ring (bicyclic) bond motifs is 1. The van der Waals surface area contributed by atoms with E-state index in [-0.39, 0.29) is 24.5 Å². The summed E-state index contributed by atoms with van der Waals surface area (Å²) in [5.41, 5.74) is 4.72. The minimum absolute atomic E-state index is 0.00569. The van der Waals surface area contributed by atoms with Gasteiger partial charge in [-0.15, -0.1) is 11.3 Å². The number of ether oxygens (including phenoxy) is 1. The molecule has 1 heterocycles. The van der Waals surface area contributed by atoms with Crippen LogP contribution in [0.1, 0.15) is 41.9 Å². The molecule has 0 saturated carbocycles. The second-order valence-electron chi connectivity index (χ2n) is 7.64. The van der Waals surface area contributed by atoms with Crippen molar-refractivity contribution in [3.8, 4) is 17.0 Å². The second-order valence-corrected chi connectivity index (χ2v) is 8.71. The SMILES string of the molecule is CC(=O)Nc1cc(-c2csc(C)n2)ccc1OCC(=O)NC1CCCc2ccccc21. The molecule has 4 rings (SSSR count). The Bertz CT molecular complexity index is 1110. The highest BCUT2D eigenvalue weighted by molar-refractivity contribution is 7.09. The number of anilines is 1. The number of benzene rings is 2. The summed E-state index contributed by atoms with van der Waals surface area (Å²) < 4.78 is 5.78. The van der Waals surface area contributed by atoms with Crippen molar-refractivity contribution in [2.24, 2.45) is 0 Å². The van der Waals surface area contributed by atoms with Gasteiger partial charge in [0.25, 0.3) is 5.91 Å². The maximum absolute atomic E-state index is 12.6. The van der Waals surface area contributed by atoms with Crippen LogP contribution >= 0.6 is 11.3 Å². The Kier molecular flexibility index (Phi) is 6.32. The number of hydrogen-bond donors (Lipinski definition) is 2. The van der Waals surface area contributed by atoms with Gasteiger partial charge in [-0.1, -0.05) is 24.3 Å². The number of thiazole rings is 1. The van der Waals surface area contributed by atoms with Crippen LogP contribution in [0, 0.1) is 6.92 Å². The summed E-state index contributed by atoms with van der Waals surface area (Å²) in [6.07, 6.45) is 3.01. The van der Waals surface area contributed by atoms with Crippen molar-refractivity contribution in [3.63, 3.8) is 0 Å². The van der Waals surface area contributed by atoms with E-state index in [0.29, 0.717) is 11.4 Å². The van der Waals surface area contributed by atoms with Crippen LogP contribution in [-0.4, -0.2) is 23.4 Å². The molecule has 3 aromatic rings. The molecular weight excluding hydrogens is 410 g/mol. The lowest BCUT2D eigenvalue weighted by Gasteiger charge is -2.26. The Morgan fingerprint density at radius 2 is 2.06 bits per heavy atom. The lowest BCUT2D eigenvalue weighted by molar-refractivity contribution is -0.124. The number of carbonyl (C=O) groups is 2. The highest BCUT2D eigenvalue weighted by Gasteiger charge is 2.21. The Labute approximate surface area is 185 Å². The predicted octanol–water partition coefficient (Wildman–Crippen LogP) is 4.65. The maximum atomic E-state index is 12.6. The van der Waals surface area contributed by atoms with Crippen molar-refractivity contribution in [2.45, 2.75) is 39.2 Å². The number of aromatic nitrogens is 1. The van der Waals surface area contributed by atoms with E-state index in [1.165, 1.54) is 18.1 Å². The van der Waals surface area contributed by atoms with E-state index in [2.05, 4.69) is 27.8 Å². The standard InChI is InChI=1S/C24H25N3O3S/c1-15(28)25-21-12-18(22-14-31-16(2)26-22)10-11-23(21)30-13-24(29)27-20-9-5-7-17-6-3-4-8-19(17)20/h3-4,6,8,10-12,14,20H,5,7,9,13H2,1-2H3,(H,25,28)(H,27,29). The number of hydrogen-bond acceptors (Lipinski definition) is 5. The first-order valence-corrected chi connectivity index (χ1v) is 11.2. The highest BCUT2D eigenvalue weighted by Crippen LogP contribution is 2.32. The quantitative estimate of drug-likeness (QED) is 0.591. The van der Waals surface area contributed by atoms with E-state index in [9.17, 15) is 9.59 Å². The average molecular weight is 436 g/mol. The number of carbonyl (C=O) groups excluding carboxylic acids is 2. The smallest absolute Gasteiger partial charge is 0.258 e. The maximum Gasteiger partial charge on any atom is 0.258 e. The second kappa shape index (κ2) is 9.31. The van der Waals surface area contributed by atoms with Crippen LogP contribution in [-0.2, 0) is 16.0 Å². The van der Waals surface area contributed by atoms with E-state index < -0.39 is 0 Å². The fraction of sp³-hybridized carbons (Fsp3) is 0.292. The number of nitrogens with one attached hydrogen (secondary N) is 2. The molecule has 0 radical (unpaired) electrons. The molecule has 1 atom stereocenters. The van der Waals surface area contributed by atoms with E-state index in [1.807, 2.05) is 36.6 Å². The molecular formula is C24H25N3O3S. The van der Waals surface area contributed by atoms with Gasteiger partial charge in [0, 0.05) is 17.9 Å². The molecule has 2 aromatic carbocycles. The van der Waals surface area contributed by atoms with Gasteiger partial charge in [-0.05, 0) is 55.5 Å². The first-order valence-electron chi connectivity index (χ1n) is 10.3. The molecule has 31 heavy (non-hydrogen) atoms. The molecule has 0 saturated heterocycles. The minimum Gasteiger partial charge on any atom is -0.482 e. The largest absolute Gasteiger partial charge is 0.482 e. The van der Waals surface area contributed by atoms with Crippen molar-refractivity contribution in [2.75, 3.05) is 11.9 Å². The van der Waals surface area contributed by atoms with Gasteiger partial charge >= 0.3 is 0 Å². The summed E-state index contributed by atoms with van der Waals surface area (Å²) in [6.45, 7) is 3.26. The normalized spacial score (nSPS) is 15.1. The van der Waals surface area contributed by atoms with Gasteiger partial charge in [0.1, 0.15) is 5.75 Å². The zero-order chi connectivity index (χ0) is 21.8. The molecule has 2 N–H and O–H groups in total. The third-order valence-electron chi connectivity index (χ3n) is 5.27. The Morgan fingerprint density at radius 3 is 2.84 bits per heavy atom. The van der Waals surface area contributed by atoms with Gasteiger partial charge in [0.2, 0.25) is 5.91 Å². The zero-order valence-corrected chi connectivity index (χ0v) is 18.4.